The molecule has 8 heteroatoms. The summed E-state index contributed by atoms with van der Waals surface area (Å²) in [4.78, 5) is 21.0. The van der Waals surface area contributed by atoms with Crippen LogP contribution in [-0.2, 0) is 7.05 Å². The van der Waals surface area contributed by atoms with Crippen molar-refractivity contribution in [2.45, 2.75) is 31.9 Å². The minimum atomic E-state index is -0.363. The Bertz CT molecular complexity index is 857. The average molecular weight is 371 g/mol. The van der Waals surface area contributed by atoms with E-state index < -0.39 is 0 Å². The van der Waals surface area contributed by atoms with Crippen molar-refractivity contribution in [3.8, 4) is 5.75 Å². The fraction of sp³-hybridized carbons (Fsp3) is 0.526. The molecule has 2 aromatic rings. The molecule has 1 N–H and O–H groups in total. The van der Waals surface area contributed by atoms with Gasteiger partial charge in [-0.2, -0.15) is 5.10 Å². The van der Waals surface area contributed by atoms with Crippen LogP contribution >= 0.6 is 0 Å². The van der Waals surface area contributed by atoms with Crippen molar-refractivity contribution in [3.05, 3.63) is 35.3 Å². The second kappa shape index (κ2) is 6.84. The highest BCUT2D eigenvalue weighted by Gasteiger charge is 2.36. The molecule has 4 heterocycles. The van der Waals surface area contributed by atoms with Crippen LogP contribution in [0.2, 0.25) is 0 Å². The third-order valence-corrected chi connectivity index (χ3v) is 5.45. The van der Waals surface area contributed by atoms with E-state index in [2.05, 4.69) is 10.00 Å². The SMILES string of the molecule is Cc1cc2c(nc1N1CCC(Oc3cnn(C)c3)CC1)[C@@H](CO)N(C)C2=O. The van der Waals surface area contributed by atoms with E-state index in [-0.39, 0.29) is 24.7 Å². The number of anilines is 1. The molecular weight excluding hydrogens is 346 g/mol. The van der Waals surface area contributed by atoms with Gasteiger partial charge in [0.15, 0.2) is 5.75 Å². The summed E-state index contributed by atoms with van der Waals surface area (Å²) in [5.74, 6) is 1.63. The first-order valence-electron chi connectivity index (χ1n) is 9.27. The van der Waals surface area contributed by atoms with Gasteiger partial charge in [0.1, 0.15) is 11.9 Å². The van der Waals surface area contributed by atoms with Crippen molar-refractivity contribution >= 4 is 11.7 Å². The van der Waals surface area contributed by atoms with Crippen LogP contribution in [-0.4, -0.2) is 63.5 Å². The van der Waals surface area contributed by atoms with Crippen LogP contribution in [0.15, 0.2) is 18.5 Å². The number of amides is 1. The summed E-state index contributed by atoms with van der Waals surface area (Å²) in [5, 5.41) is 13.8. The number of pyridine rings is 1. The molecule has 2 aromatic heterocycles. The first-order valence-corrected chi connectivity index (χ1v) is 9.27. The maximum atomic E-state index is 12.4. The summed E-state index contributed by atoms with van der Waals surface area (Å²) < 4.78 is 7.75. The Hall–Kier alpha value is -2.61. The summed E-state index contributed by atoms with van der Waals surface area (Å²) >= 11 is 0. The highest BCUT2D eigenvalue weighted by Crippen LogP contribution is 2.34. The molecule has 1 saturated heterocycles. The number of piperidine rings is 1. The predicted molar refractivity (Wildman–Crippen MR) is 100.0 cm³/mol. The molecular formula is C19H25N5O3. The smallest absolute Gasteiger partial charge is 0.256 e. The van der Waals surface area contributed by atoms with Gasteiger partial charge in [-0.1, -0.05) is 0 Å². The van der Waals surface area contributed by atoms with E-state index in [0.717, 1.165) is 43.1 Å². The molecule has 27 heavy (non-hydrogen) atoms. The number of aryl methyl sites for hydroxylation is 2. The van der Waals surface area contributed by atoms with E-state index >= 15 is 0 Å². The zero-order valence-electron chi connectivity index (χ0n) is 15.9. The van der Waals surface area contributed by atoms with Crippen molar-refractivity contribution in [2.75, 3.05) is 31.6 Å². The van der Waals surface area contributed by atoms with E-state index in [9.17, 15) is 9.90 Å². The van der Waals surface area contributed by atoms with Gasteiger partial charge in [0.05, 0.1) is 36.3 Å². The number of hydrogen-bond acceptors (Lipinski definition) is 6. The Balaban J connectivity index is 1.49. The van der Waals surface area contributed by atoms with Crippen molar-refractivity contribution in [1.29, 1.82) is 0 Å². The monoisotopic (exact) mass is 371 g/mol. The van der Waals surface area contributed by atoms with Crippen molar-refractivity contribution in [1.82, 2.24) is 19.7 Å². The molecule has 0 spiro atoms. The Morgan fingerprint density at radius 1 is 1.30 bits per heavy atom. The molecule has 1 atom stereocenters. The van der Waals surface area contributed by atoms with Crippen LogP contribution in [0.1, 0.15) is 40.5 Å². The average Bonchev–Trinajstić information content (AvgIpc) is 3.17. The zero-order valence-corrected chi connectivity index (χ0v) is 15.9. The molecule has 1 fully saturated rings. The maximum Gasteiger partial charge on any atom is 0.256 e. The number of likely N-dealkylation sites (N-methyl/N-ethyl adjacent to an activating group) is 1. The van der Waals surface area contributed by atoms with Crippen LogP contribution < -0.4 is 9.64 Å². The molecule has 2 aliphatic rings. The van der Waals surface area contributed by atoms with Gasteiger partial charge >= 0.3 is 0 Å². The van der Waals surface area contributed by atoms with Gasteiger partial charge in [0, 0.05) is 40.0 Å². The molecule has 2 aliphatic heterocycles. The number of aromatic nitrogens is 3. The van der Waals surface area contributed by atoms with Gasteiger partial charge in [-0.15, -0.1) is 0 Å². The number of aliphatic hydroxyl groups is 1. The Morgan fingerprint density at radius 3 is 2.67 bits per heavy atom. The minimum absolute atomic E-state index is 0.0743. The number of carbonyl (C=O) groups excluding carboxylic acids is 1. The second-order valence-corrected chi connectivity index (χ2v) is 7.33. The van der Waals surface area contributed by atoms with Gasteiger partial charge in [0.25, 0.3) is 5.91 Å². The van der Waals surface area contributed by atoms with E-state index in [4.69, 9.17) is 9.72 Å². The largest absolute Gasteiger partial charge is 0.487 e. The molecule has 0 radical (unpaired) electrons. The Kier molecular flexibility index (Phi) is 4.51. The van der Waals surface area contributed by atoms with Gasteiger partial charge in [-0.05, 0) is 18.6 Å². The van der Waals surface area contributed by atoms with Gasteiger partial charge in [-0.25, -0.2) is 4.98 Å². The van der Waals surface area contributed by atoms with Crippen LogP contribution in [0.25, 0.3) is 0 Å². The van der Waals surface area contributed by atoms with E-state index in [1.165, 1.54) is 0 Å². The third kappa shape index (κ3) is 3.14. The van der Waals surface area contributed by atoms with Crippen molar-refractivity contribution in [2.24, 2.45) is 7.05 Å². The number of nitrogens with zero attached hydrogens (tertiary/aromatic N) is 5. The molecule has 0 saturated carbocycles. The van der Waals surface area contributed by atoms with E-state index in [1.807, 2.05) is 26.2 Å². The molecule has 1 amide bonds. The van der Waals surface area contributed by atoms with Crippen LogP contribution in [0.3, 0.4) is 0 Å². The molecule has 0 unspecified atom stereocenters. The van der Waals surface area contributed by atoms with Crippen molar-refractivity contribution in [3.63, 3.8) is 0 Å². The number of ether oxygens (including phenoxy) is 1. The lowest BCUT2D eigenvalue weighted by Crippen LogP contribution is -2.39. The van der Waals surface area contributed by atoms with Crippen LogP contribution in [0.5, 0.6) is 5.75 Å². The van der Waals surface area contributed by atoms with E-state index in [1.54, 1.807) is 22.8 Å². The summed E-state index contributed by atoms with van der Waals surface area (Å²) in [6, 6.07) is 1.54. The Labute approximate surface area is 158 Å². The summed E-state index contributed by atoms with van der Waals surface area (Å²) in [5.41, 5.74) is 2.27. The van der Waals surface area contributed by atoms with Gasteiger partial charge < -0.3 is 19.6 Å². The lowest BCUT2D eigenvalue weighted by molar-refractivity contribution is 0.0715. The normalized spacial score (nSPS) is 20.3. The van der Waals surface area contributed by atoms with Gasteiger partial charge in [0.2, 0.25) is 0 Å². The van der Waals surface area contributed by atoms with Crippen LogP contribution in [0, 0.1) is 6.92 Å². The van der Waals surface area contributed by atoms with E-state index in [0.29, 0.717) is 11.3 Å². The quantitative estimate of drug-likeness (QED) is 0.872. The zero-order chi connectivity index (χ0) is 19.1. The fourth-order valence-corrected chi connectivity index (χ4v) is 3.92. The molecule has 144 valence electrons. The Morgan fingerprint density at radius 2 is 2.04 bits per heavy atom. The first-order chi connectivity index (χ1) is 13.0. The first kappa shape index (κ1) is 17.8. The number of carbonyl (C=O) groups is 1. The molecule has 0 aromatic carbocycles. The standard InChI is InChI=1S/C19H25N5O3/c1-12-8-15-17(16(11-25)23(3)19(15)26)21-18(12)24-6-4-13(5-7-24)27-14-9-20-22(2)10-14/h8-10,13,16,25H,4-7,11H2,1-3H3/t16-/m1/s1. The summed E-state index contributed by atoms with van der Waals surface area (Å²) in [7, 11) is 3.58. The third-order valence-electron chi connectivity index (χ3n) is 5.45. The number of fused-ring (bicyclic) bond motifs is 1. The van der Waals surface area contributed by atoms with Crippen molar-refractivity contribution < 1.29 is 14.6 Å². The number of aliphatic hydroxyl groups excluding tert-OH is 1. The predicted octanol–water partition coefficient (Wildman–Crippen LogP) is 1.29. The topological polar surface area (TPSA) is 83.7 Å². The lowest BCUT2D eigenvalue weighted by Gasteiger charge is -2.33. The summed E-state index contributed by atoms with van der Waals surface area (Å²) in [6.45, 7) is 3.54. The number of rotatable bonds is 4. The molecule has 8 nitrogen and oxygen atoms in total. The van der Waals surface area contributed by atoms with Crippen LogP contribution in [0.4, 0.5) is 5.82 Å². The second-order valence-electron chi connectivity index (χ2n) is 7.33. The highest BCUT2D eigenvalue weighted by atomic mass is 16.5. The number of hydrogen-bond donors (Lipinski definition) is 1. The molecule has 0 bridgehead atoms. The maximum absolute atomic E-state index is 12.4. The highest BCUT2D eigenvalue weighted by molar-refractivity contribution is 5.99. The summed E-state index contributed by atoms with van der Waals surface area (Å²) in [6.07, 6.45) is 5.57. The van der Waals surface area contributed by atoms with Gasteiger partial charge in [-0.3, -0.25) is 9.48 Å². The minimum Gasteiger partial charge on any atom is -0.487 e. The lowest BCUT2D eigenvalue weighted by atomic mass is 10.1. The molecule has 4 rings (SSSR count). The fourth-order valence-electron chi connectivity index (χ4n) is 3.92. The molecule has 0 aliphatic carbocycles.